The van der Waals surface area contributed by atoms with E-state index in [0.29, 0.717) is 0 Å². The lowest BCUT2D eigenvalue weighted by Crippen LogP contribution is -2.25. The fraction of sp³-hybridized carbons (Fsp3) is 0.333. The molecule has 0 unspecified atom stereocenters. The quantitative estimate of drug-likeness (QED) is 0.726. The van der Waals surface area contributed by atoms with E-state index in [9.17, 15) is 0 Å². The Balaban J connectivity index is 2.27. The van der Waals surface area contributed by atoms with Gasteiger partial charge in [0.25, 0.3) is 0 Å². The number of hydrogen-bond acceptors (Lipinski definition) is 1. The Morgan fingerprint density at radius 3 is 2.47 bits per heavy atom. The van der Waals surface area contributed by atoms with Crippen molar-refractivity contribution in [1.82, 2.24) is 0 Å². The Bertz CT molecular complexity index is 638. The summed E-state index contributed by atoms with van der Waals surface area (Å²) in [5.74, 6) is 0.947. The van der Waals surface area contributed by atoms with E-state index in [1.54, 1.807) is 7.11 Å². The number of rotatable bonds is 1. The molecule has 2 aromatic rings. The van der Waals surface area contributed by atoms with Crippen molar-refractivity contribution in [2.75, 3.05) is 7.11 Å². The minimum atomic E-state index is 0.157. The Morgan fingerprint density at radius 1 is 1.00 bits per heavy atom. The van der Waals surface area contributed by atoms with Gasteiger partial charge >= 0.3 is 0 Å². The lowest BCUT2D eigenvalue weighted by atomic mass is 9.70. The van der Waals surface area contributed by atoms with Crippen LogP contribution in [0.15, 0.2) is 36.4 Å². The summed E-state index contributed by atoms with van der Waals surface area (Å²) in [6, 6.07) is 13.2. The van der Waals surface area contributed by atoms with Crippen molar-refractivity contribution in [2.24, 2.45) is 0 Å². The van der Waals surface area contributed by atoms with Crippen LogP contribution < -0.4 is 4.74 Å². The topological polar surface area (TPSA) is 9.23 Å². The normalized spacial score (nSPS) is 15.6. The maximum Gasteiger partial charge on any atom is 0.119 e. The van der Waals surface area contributed by atoms with Gasteiger partial charge in [-0.05, 0) is 53.1 Å². The molecule has 1 aliphatic rings. The minimum Gasteiger partial charge on any atom is -0.497 e. The van der Waals surface area contributed by atoms with Gasteiger partial charge in [0.15, 0.2) is 0 Å². The van der Waals surface area contributed by atoms with Crippen LogP contribution in [-0.2, 0) is 11.8 Å². The van der Waals surface area contributed by atoms with Crippen molar-refractivity contribution in [3.05, 3.63) is 53.1 Å². The van der Waals surface area contributed by atoms with Crippen molar-refractivity contribution in [1.29, 1.82) is 0 Å². The fourth-order valence-corrected chi connectivity index (χ4v) is 3.15. The third kappa shape index (κ3) is 1.94. The zero-order chi connectivity index (χ0) is 13.6. The van der Waals surface area contributed by atoms with Gasteiger partial charge in [-0.2, -0.15) is 0 Å². The average Bonchev–Trinajstić information content (AvgIpc) is 2.37. The molecule has 0 amide bonds. The van der Waals surface area contributed by atoms with Gasteiger partial charge in [-0.15, -0.1) is 0 Å². The zero-order valence-electron chi connectivity index (χ0n) is 12.1. The van der Waals surface area contributed by atoms with Gasteiger partial charge in [0.2, 0.25) is 0 Å². The van der Waals surface area contributed by atoms with Gasteiger partial charge in [-0.3, -0.25) is 0 Å². The molecule has 3 rings (SSSR count). The molecule has 0 atom stereocenters. The summed E-state index contributed by atoms with van der Waals surface area (Å²) in [4.78, 5) is 0. The van der Waals surface area contributed by atoms with Crippen LogP contribution in [-0.4, -0.2) is 7.11 Å². The lowest BCUT2D eigenvalue weighted by molar-refractivity contribution is 0.411. The van der Waals surface area contributed by atoms with E-state index in [1.807, 2.05) is 0 Å². The van der Waals surface area contributed by atoms with E-state index < -0.39 is 0 Å². The highest BCUT2D eigenvalue weighted by atomic mass is 16.5. The average molecular weight is 252 g/mol. The highest BCUT2D eigenvalue weighted by Gasteiger charge is 2.31. The maximum absolute atomic E-state index is 5.38. The molecule has 19 heavy (non-hydrogen) atoms. The summed E-state index contributed by atoms with van der Waals surface area (Å²) >= 11 is 0. The van der Waals surface area contributed by atoms with Gasteiger partial charge in [-0.1, -0.05) is 43.7 Å². The highest BCUT2D eigenvalue weighted by Crippen LogP contribution is 2.44. The van der Waals surface area contributed by atoms with Crippen LogP contribution in [0.4, 0.5) is 0 Å². The molecule has 0 saturated carbocycles. The summed E-state index contributed by atoms with van der Waals surface area (Å²) in [5.41, 5.74) is 7.08. The van der Waals surface area contributed by atoms with Crippen LogP contribution in [0.3, 0.4) is 0 Å². The van der Waals surface area contributed by atoms with Crippen molar-refractivity contribution < 1.29 is 4.74 Å². The largest absolute Gasteiger partial charge is 0.497 e. The van der Waals surface area contributed by atoms with Gasteiger partial charge < -0.3 is 4.74 Å². The lowest BCUT2D eigenvalue weighted by Gasteiger charge is -2.34. The first kappa shape index (κ1) is 12.3. The molecular weight excluding hydrogens is 232 g/mol. The van der Waals surface area contributed by atoms with Crippen LogP contribution >= 0.6 is 0 Å². The third-order valence-corrected chi connectivity index (χ3v) is 4.14. The van der Waals surface area contributed by atoms with E-state index >= 15 is 0 Å². The van der Waals surface area contributed by atoms with Crippen LogP contribution in [0.5, 0.6) is 5.75 Å². The summed E-state index contributed by atoms with van der Waals surface area (Å²) in [5, 5.41) is 0. The number of aryl methyl sites for hydroxylation is 1. The highest BCUT2D eigenvalue weighted by molar-refractivity contribution is 5.76. The molecule has 2 aromatic carbocycles. The number of hydrogen-bond donors (Lipinski definition) is 0. The predicted octanol–water partition coefficient (Wildman–Crippen LogP) is 4.50. The molecule has 1 aliphatic carbocycles. The smallest absolute Gasteiger partial charge is 0.119 e. The van der Waals surface area contributed by atoms with Crippen molar-refractivity contribution in [3.63, 3.8) is 0 Å². The van der Waals surface area contributed by atoms with Crippen LogP contribution in [0, 0.1) is 6.92 Å². The minimum absolute atomic E-state index is 0.157. The second-order valence-electron chi connectivity index (χ2n) is 6.13. The Hall–Kier alpha value is -1.76. The fourth-order valence-electron chi connectivity index (χ4n) is 3.15. The van der Waals surface area contributed by atoms with Crippen LogP contribution in [0.25, 0.3) is 11.1 Å². The Labute approximate surface area is 115 Å². The van der Waals surface area contributed by atoms with E-state index in [2.05, 4.69) is 57.2 Å². The Kier molecular flexibility index (Phi) is 2.67. The van der Waals surface area contributed by atoms with E-state index in [1.165, 1.54) is 27.8 Å². The van der Waals surface area contributed by atoms with E-state index in [0.717, 1.165) is 12.2 Å². The monoisotopic (exact) mass is 252 g/mol. The number of benzene rings is 2. The molecule has 0 bridgehead atoms. The van der Waals surface area contributed by atoms with Gasteiger partial charge in [-0.25, -0.2) is 0 Å². The van der Waals surface area contributed by atoms with Crippen molar-refractivity contribution >= 4 is 0 Å². The molecule has 98 valence electrons. The van der Waals surface area contributed by atoms with Gasteiger partial charge in [0.05, 0.1) is 7.11 Å². The molecular formula is C18H20O. The SMILES string of the molecule is COc1ccc2c(c1)C(C)(C)Cc1cc(C)ccc1-2. The molecule has 0 heterocycles. The molecule has 0 aliphatic heterocycles. The first-order valence-corrected chi connectivity index (χ1v) is 6.80. The molecule has 0 radical (unpaired) electrons. The maximum atomic E-state index is 5.38. The van der Waals surface area contributed by atoms with E-state index in [-0.39, 0.29) is 5.41 Å². The molecule has 0 N–H and O–H groups in total. The summed E-state index contributed by atoms with van der Waals surface area (Å²) in [6.45, 7) is 6.80. The molecule has 0 saturated heterocycles. The number of ether oxygens (including phenoxy) is 1. The van der Waals surface area contributed by atoms with Crippen molar-refractivity contribution in [3.8, 4) is 16.9 Å². The molecule has 0 fully saturated rings. The first-order chi connectivity index (χ1) is 9.01. The summed E-state index contributed by atoms with van der Waals surface area (Å²) in [6.07, 6.45) is 1.09. The second-order valence-corrected chi connectivity index (χ2v) is 6.13. The van der Waals surface area contributed by atoms with Gasteiger partial charge in [0.1, 0.15) is 5.75 Å². The second kappa shape index (κ2) is 4.12. The van der Waals surface area contributed by atoms with Crippen molar-refractivity contribution in [2.45, 2.75) is 32.6 Å². The molecule has 1 nitrogen and oxygen atoms in total. The Morgan fingerprint density at radius 2 is 1.74 bits per heavy atom. The van der Waals surface area contributed by atoms with E-state index in [4.69, 9.17) is 4.74 Å². The third-order valence-electron chi connectivity index (χ3n) is 4.14. The molecule has 0 aromatic heterocycles. The van der Waals surface area contributed by atoms with Gasteiger partial charge in [0, 0.05) is 0 Å². The summed E-state index contributed by atoms with van der Waals surface area (Å²) in [7, 11) is 1.73. The molecule has 1 heteroatoms. The number of methoxy groups -OCH3 is 1. The first-order valence-electron chi connectivity index (χ1n) is 6.80. The standard InChI is InChI=1S/C18H20O/c1-12-5-7-15-13(9-12)11-18(2,3)17-10-14(19-4)6-8-16(15)17/h5-10H,11H2,1-4H3. The number of fused-ring (bicyclic) bond motifs is 3. The van der Waals surface area contributed by atoms with Crippen LogP contribution in [0.1, 0.15) is 30.5 Å². The molecule has 0 spiro atoms. The predicted molar refractivity (Wildman–Crippen MR) is 79.9 cm³/mol. The van der Waals surface area contributed by atoms with Crippen LogP contribution in [0.2, 0.25) is 0 Å². The summed E-state index contributed by atoms with van der Waals surface area (Å²) < 4.78 is 5.38. The zero-order valence-corrected chi connectivity index (χ0v) is 12.1.